The summed E-state index contributed by atoms with van der Waals surface area (Å²) in [7, 11) is 1.90. The number of rotatable bonds is 4. The van der Waals surface area contributed by atoms with Crippen LogP contribution in [0.3, 0.4) is 0 Å². The molecule has 0 spiro atoms. The fourth-order valence-electron chi connectivity index (χ4n) is 1.60. The Morgan fingerprint density at radius 1 is 1.56 bits per heavy atom. The SMILES string of the molecule is Cn1ccnc1CNc1ccc(N)c(C(=O)O)c1. The van der Waals surface area contributed by atoms with Gasteiger partial charge in [-0.2, -0.15) is 0 Å². The smallest absolute Gasteiger partial charge is 0.337 e. The predicted octanol–water partition coefficient (Wildman–Crippen LogP) is 1.31. The van der Waals surface area contributed by atoms with Crippen molar-refractivity contribution in [1.82, 2.24) is 9.55 Å². The van der Waals surface area contributed by atoms with Crippen LogP contribution in [0.15, 0.2) is 30.6 Å². The number of aromatic nitrogens is 2. The van der Waals surface area contributed by atoms with Gasteiger partial charge in [-0.25, -0.2) is 9.78 Å². The first-order chi connectivity index (χ1) is 8.58. The molecule has 0 saturated carbocycles. The van der Waals surface area contributed by atoms with E-state index in [0.29, 0.717) is 12.2 Å². The summed E-state index contributed by atoms with van der Waals surface area (Å²) in [5.74, 6) is -0.170. The van der Waals surface area contributed by atoms with Gasteiger partial charge in [0.15, 0.2) is 0 Å². The first kappa shape index (κ1) is 12.0. The first-order valence-electron chi connectivity index (χ1n) is 5.41. The molecule has 2 rings (SSSR count). The highest BCUT2D eigenvalue weighted by molar-refractivity contribution is 5.94. The molecule has 94 valence electrons. The Kier molecular flexibility index (Phi) is 3.18. The van der Waals surface area contributed by atoms with Gasteiger partial charge in [-0.05, 0) is 18.2 Å². The lowest BCUT2D eigenvalue weighted by Gasteiger charge is -2.08. The molecule has 2 aromatic rings. The molecule has 0 atom stereocenters. The number of anilines is 2. The number of benzene rings is 1. The van der Waals surface area contributed by atoms with E-state index < -0.39 is 5.97 Å². The fourth-order valence-corrected chi connectivity index (χ4v) is 1.60. The highest BCUT2D eigenvalue weighted by Gasteiger charge is 2.08. The summed E-state index contributed by atoms with van der Waals surface area (Å²) in [5.41, 5.74) is 6.63. The van der Waals surface area contributed by atoms with Crippen LogP contribution in [0.5, 0.6) is 0 Å². The third-order valence-corrected chi connectivity index (χ3v) is 2.66. The Morgan fingerprint density at radius 2 is 2.33 bits per heavy atom. The minimum Gasteiger partial charge on any atom is -0.478 e. The number of aromatic carboxylic acids is 1. The Bertz CT molecular complexity index is 577. The van der Waals surface area contributed by atoms with Crippen LogP contribution in [0.25, 0.3) is 0 Å². The molecule has 0 radical (unpaired) electrons. The van der Waals surface area contributed by atoms with Crippen molar-refractivity contribution >= 4 is 17.3 Å². The van der Waals surface area contributed by atoms with Crippen LogP contribution in [-0.4, -0.2) is 20.6 Å². The summed E-state index contributed by atoms with van der Waals surface area (Å²) in [6.07, 6.45) is 3.56. The monoisotopic (exact) mass is 246 g/mol. The van der Waals surface area contributed by atoms with Crippen molar-refractivity contribution in [3.63, 3.8) is 0 Å². The van der Waals surface area contributed by atoms with Crippen LogP contribution in [0.1, 0.15) is 16.2 Å². The average Bonchev–Trinajstić information content (AvgIpc) is 2.73. The largest absolute Gasteiger partial charge is 0.478 e. The van der Waals surface area contributed by atoms with Gasteiger partial charge in [-0.1, -0.05) is 0 Å². The molecule has 0 saturated heterocycles. The second-order valence-electron chi connectivity index (χ2n) is 3.92. The molecule has 6 heteroatoms. The molecule has 1 aromatic carbocycles. The molecule has 0 fully saturated rings. The quantitative estimate of drug-likeness (QED) is 0.707. The topological polar surface area (TPSA) is 93.2 Å². The van der Waals surface area contributed by atoms with Crippen LogP contribution < -0.4 is 11.1 Å². The molecule has 0 amide bonds. The normalized spacial score (nSPS) is 10.3. The van der Waals surface area contributed by atoms with Crippen LogP contribution in [0.4, 0.5) is 11.4 Å². The minimum atomic E-state index is -1.03. The number of nitrogens with one attached hydrogen (secondary N) is 1. The molecular weight excluding hydrogens is 232 g/mol. The van der Waals surface area contributed by atoms with E-state index in [9.17, 15) is 4.79 Å². The number of carboxylic acids is 1. The molecule has 0 unspecified atom stereocenters. The maximum atomic E-state index is 10.9. The third kappa shape index (κ3) is 2.42. The minimum absolute atomic E-state index is 0.0971. The van der Waals surface area contributed by atoms with Gasteiger partial charge in [0.25, 0.3) is 0 Å². The van der Waals surface area contributed by atoms with Gasteiger partial charge in [0.1, 0.15) is 5.82 Å². The Balaban J connectivity index is 2.13. The van der Waals surface area contributed by atoms with E-state index >= 15 is 0 Å². The molecule has 6 nitrogen and oxygen atoms in total. The van der Waals surface area contributed by atoms with Crippen molar-refractivity contribution in [3.8, 4) is 0 Å². The number of imidazole rings is 1. The van der Waals surface area contributed by atoms with Gasteiger partial charge in [-0.15, -0.1) is 0 Å². The first-order valence-corrected chi connectivity index (χ1v) is 5.41. The zero-order valence-electron chi connectivity index (χ0n) is 9.92. The second kappa shape index (κ2) is 4.79. The lowest BCUT2D eigenvalue weighted by Crippen LogP contribution is -2.07. The molecule has 0 bridgehead atoms. The van der Waals surface area contributed by atoms with Crippen molar-refractivity contribution < 1.29 is 9.90 Å². The number of hydrogen-bond donors (Lipinski definition) is 3. The summed E-state index contributed by atoms with van der Waals surface area (Å²) in [6, 6.07) is 4.83. The summed E-state index contributed by atoms with van der Waals surface area (Å²) in [5, 5.41) is 12.1. The number of aryl methyl sites for hydroxylation is 1. The molecule has 18 heavy (non-hydrogen) atoms. The van der Waals surface area contributed by atoms with Gasteiger partial charge in [0.2, 0.25) is 0 Å². The van der Waals surface area contributed by atoms with E-state index in [2.05, 4.69) is 10.3 Å². The Morgan fingerprint density at radius 3 is 2.94 bits per heavy atom. The van der Waals surface area contributed by atoms with Gasteiger partial charge in [0.05, 0.1) is 12.1 Å². The number of nitrogens with two attached hydrogens (primary N) is 1. The van der Waals surface area contributed by atoms with E-state index in [-0.39, 0.29) is 11.3 Å². The number of nitrogens with zero attached hydrogens (tertiary/aromatic N) is 2. The summed E-state index contributed by atoms with van der Waals surface area (Å²) in [4.78, 5) is 15.1. The maximum Gasteiger partial charge on any atom is 0.337 e. The highest BCUT2D eigenvalue weighted by atomic mass is 16.4. The summed E-state index contributed by atoms with van der Waals surface area (Å²) < 4.78 is 1.89. The van der Waals surface area contributed by atoms with Crippen molar-refractivity contribution in [3.05, 3.63) is 42.0 Å². The number of carbonyl (C=O) groups is 1. The summed E-state index contributed by atoms with van der Waals surface area (Å²) >= 11 is 0. The maximum absolute atomic E-state index is 10.9. The van der Waals surface area contributed by atoms with E-state index in [0.717, 1.165) is 5.82 Å². The Hall–Kier alpha value is -2.50. The van der Waals surface area contributed by atoms with E-state index in [4.69, 9.17) is 10.8 Å². The number of hydrogen-bond acceptors (Lipinski definition) is 4. The molecule has 0 aliphatic heterocycles. The summed E-state index contributed by atoms with van der Waals surface area (Å²) in [6.45, 7) is 0.520. The zero-order chi connectivity index (χ0) is 13.1. The fraction of sp³-hybridized carbons (Fsp3) is 0.167. The number of carboxylic acid groups (broad SMARTS) is 1. The van der Waals surface area contributed by atoms with Crippen molar-refractivity contribution in [2.45, 2.75) is 6.54 Å². The van der Waals surface area contributed by atoms with Gasteiger partial charge >= 0.3 is 5.97 Å². The number of nitrogen functional groups attached to an aromatic ring is 1. The second-order valence-corrected chi connectivity index (χ2v) is 3.92. The van der Waals surface area contributed by atoms with Crippen molar-refractivity contribution in [2.75, 3.05) is 11.1 Å². The third-order valence-electron chi connectivity index (χ3n) is 2.66. The molecule has 0 aliphatic rings. The van der Waals surface area contributed by atoms with Gasteiger partial charge in [0, 0.05) is 30.8 Å². The molecule has 1 aromatic heterocycles. The van der Waals surface area contributed by atoms with E-state index in [1.54, 1.807) is 18.3 Å². The van der Waals surface area contributed by atoms with E-state index in [1.807, 2.05) is 17.8 Å². The molecule has 4 N–H and O–H groups in total. The van der Waals surface area contributed by atoms with Crippen LogP contribution in [0, 0.1) is 0 Å². The predicted molar refractivity (Wildman–Crippen MR) is 68.3 cm³/mol. The highest BCUT2D eigenvalue weighted by Crippen LogP contribution is 2.18. The van der Waals surface area contributed by atoms with Crippen LogP contribution in [0.2, 0.25) is 0 Å². The van der Waals surface area contributed by atoms with Gasteiger partial charge < -0.3 is 20.7 Å². The lowest BCUT2D eigenvalue weighted by atomic mass is 10.1. The zero-order valence-corrected chi connectivity index (χ0v) is 9.92. The molecular formula is C12H14N4O2. The van der Waals surface area contributed by atoms with Crippen LogP contribution >= 0.6 is 0 Å². The Labute approximate surface area is 104 Å². The molecule has 1 heterocycles. The van der Waals surface area contributed by atoms with Crippen molar-refractivity contribution in [1.29, 1.82) is 0 Å². The average molecular weight is 246 g/mol. The van der Waals surface area contributed by atoms with E-state index in [1.165, 1.54) is 6.07 Å². The standard InChI is InChI=1S/C12H14N4O2/c1-16-5-4-14-11(16)7-15-8-2-3-10(13)9(6-8)12(17)18/h2-6,15H,7,13H2,1H3,(H,17,18). The van der Waals surface area contributed by atoms with Gasteiger partial charge in [-0.3, -0.25) is 0 Å². The molecule has 0 aliphatic carbocycles. The van der Waals surface area contributed by atoms with Crippen molar-refractivity contribution in [2.24, 2.45) is 7.05 Å². The van der Waals surface area contributed by atoms with Crippen LogP contribution in [-0.2, 0) is 13.6 Å². The lowest BCUT2D eigenvalue weighted by molar-refractivity contribution is 0.0698.